The molecule has 0 saturated carbocycles. The van der Waals surface area contributed by atoms with Crippen molar-refractivity contribution in [3.05, 3.63) is 40.2 Å². The second-order valence-corrected chi connectivity index (χ2v) is 5.18. The number of hydrogen-bond donors (Lipinski definition) is 0. The van der Waals surface area contributed by atoms with Crippen LogP contribution in [0, 0.1) is 6.92 Å². The highest BCUT2D eigenvalue weighted by Gasteiger charge is 2.20. The monoisotopic (exact) mass is 303 g/mol. The largest absolute Gasteiger partial charge is 0.481 e. The van der Waals surface area contributed by atoms with E-state index in [1.165, 1.54) is 6.07 Å². The second kappa shape index (κ2) is 6.64. The number of likely N-dealkylation sites (N-methyl/N-ethyl adjacent to an activating group) is 1. The number of amides is 1. The predicted octanol–water partition coefficient (Wildman–Crippen LogP) is 2.74. The molecule has 1 aromatic carbocycles. The second-order valence-electron chi connectivity index (χ2n) is 5.18. The van der Waals surface area contributed by atoms with Gasteiger partial charge in [0.2, 0.25) is 0 Å². The molecule has 2 aromatic rings. The molecule has 1 aromatic heterocycles. The van der Waals surface area contributed by atoms with Gasteiger partial charge in [-0.2, -0.15) is 0 Å². The van der Waals surface area contributed by atoms with E-state index in [9.17, 15) is 9.59 Å². The Hall–Kier alpha value is -2.30. The summed E-state index contributed by atoms with van der Waals surface area (Å²) in [6.45, 7) is 8.73. The highest BCUT2D eigenvalue weighted by Crippen LogP contribution is 2.23. The minimum atomic E-state index is -0.589. The minimum absolute atomic E-state index is 0.0595. The van der Waals surface area contributed by atoms with Gasteiger partial charge in [-0.25, -0.2) is 4.79 Å². The summed E-state index contributed by atoms with van der Waals surface area (Å²) in [4.78, 5) is 25.4. The molecule has 0 aliphatic rings. The van der Waals surface area contributed by atoms with Crippen molar-refractivity contribution in [2.24, 2.45) is 0 Å². The van der Waals surface area contributed by atoms with Gasteiger partial charge in [0.1, 0.15) is 11.3 Å². The molecule has 2 rings (SSSR count). The van der Waals surface area contributed by atoms with Gasteiger partial charge in [0.15, 0.2) is 6.10 Å². The van der Waals surface area contributed by atoms with Crippen molar-refractivity contribution in [3.63, 3.8) is 0 Å². The fourth-order valence-electron chi connectivity index (χ4n) is 2.43. The van der Waals surface area contributed by atoms with Crippen LogP contribution in [0.25, 0.3) is 11.0 Å². The van der Waals surface area contributed by atoms with E-state index >= 15 is 0 Å². The molecule has 0 fully saturated rings. The lowest BCUT2D eigenvalue weighted by Crippen LogP contribution is -2.40. The van der Waals surface area contributed by atoms with Gasteiger partial charge >= 0.3 is 5.63 Å². The Kier molecular flexibility index (Phi) is 4.85. The number of rotatable bonds is 5. The summed E-state index contributed by atoms with van der Waals surface area (Å²) in [5.41, 5.74) is 0.921. The Morgan fingerprint density at radius 3 is 2.59 bits per heavy atom. The van der Waals surface area contributed by atoms with Gasteiger partial charge in [-0.3, -0.25) is 4.79 Å². The molecule has 1 amide bonds. The van der Waals surface area contributed by atoms with E-state index in [0.717, 1.165) is 10.9 Å². The molecule has 1 unspecified atom stereocenters. The molecule has 5 heteroatoms. The fourth-order valence-corrected chi connectivity index (χ4v) is 2.43. The first-order valence-corrected chi connectivity index (χ1v) is 7.46. The van der Waals surface area contributed by atoms with Gasteiger partial charge in [-0.05, 0) is 45.4 Å². The molecule has 0 aliphatic carbocycles. The molecular weight excluding hydrogens is 282 g/mol. The molecule has 0 saturated heterocycles. The van der Waals surface area contributed by atoms with Crippen molar-refractivity contribution in [1.82, 2.24) is 4.90 Å². The zero-order valence-electron chi connectivity index (χ0n) is 13.4. The quantitative estimate of drug-likeness (QED) is 0.797. The van der Waals surface area contributed by atoms with Crippen LogP contribution >= 0.6 is 0 Å². The number of ether oxygens (including phenoxy) is 1. The van der Waals surface area contributed by atoms with Crippen LogP contribution < -0.4 is 10.4 Å². The van der Waals surface area contributed by atoms with E-state index in [4.69, 9.17) is 9.15 Å². The van der Waals surface area contributed by atoms with E-state index in [1.807, 2.05) is 26.8 Å². The summed E-state index contributed by atoms with van der Waals surface area (Å²) in [5.74, 6) is 0.449. The van der Waals surface area contributed by atoms with E-state index in [2.05, 4.69) is 0 Å². The lowest BCUT2D eigenvalue weighted by Gasteiger charge is -2.23. The van der Waals surface area contributed by atoms with E-state index in [-0.39, 0.29) is 5.91 Å². The third-order valence-electron chi connectivity index (χ3n) is 3.66. The number of fused-ring (bicyclic) bond motifs is 1. The standard InChI is InChI=1S/C17H21NO4/c1-5-18(6-2)17(20)12(4)21-13-7-8-14-11(3)9-16(19)22-15(14)10-13/h7-10,12H,5-6H2,1-4H3. The van der Waals surface area contributed by atoms with Crippen LogP contribution in [-0.2, 0) is 4.79 Å². The first kappa shape index (κ1) is 16.1. The first-order chi connectivity index (χ1) is 10.5. The van der Waals surface area contributed by atoms with Crippen LogP contribution in [0.3, 0.4) is 0 Å². The molecule has 0 bridgehead atoms. The maximum atomic E-state index is 12.2. The Bertz CT molecular complexity index is 731. The maximum absolute atomic E-state index is 12.2. The summed E-state index contributed by atoms with van der Waals surface area (Å²) in [6.07, 6.45) is -0.589. The zero-order chi connectivity index (χ0) is 16.3. The molecule has 22 heavy (non-hydrogen) atoms. The van der Waals surface area contributed by atoms with Crippen LogP contribution in [0.4, 0.5) is 0 Å². The number of nitrogens with zero attached hydrogens (tertiary/aromatic N) is 1. The van der Waals surface area contributed by atoms with E-state index in [0.29, 0.717) is 24.4 Å². The van der Waals surface area contributed by atoms with Crippen LogP contribution in [-0.4, -0.2) is 30.0 Å². The average Bonchev–Trinajstić information content (AvgIpc) is 2.47. The zero-order valence-corrected chi connectivity index (χ0v) is 13.4. The maximum Gasteiger partial charge on any atom is 0.336 e. The Balaban J connectivity index is 2.25. The predicted molar refractivity (Wildman–Crippen MR) is 85.2 cm³/mol. The summed E-state index contributed by atoms with van der Waals surface area (Å²) < 4.78 is 10.9. The molecule has 118 valence electrons. The van der Waals surface area contributed by atoms with Crippen molar-refractivity contribution in [2.75, 3.05) is 13.1 Å². The van der Waals surface area contributed by atoms with Crippen molar-refractivity contribution < 1.29 is 13.9 Å². The lowest BCUT2D eigenvalue weighted by molar-refractivity contribution is -0.137. The number of benzene rings is 1. The van der Waals surface area contributed by atoms with Crippen LogP contribution in [0.5, 0.6) is 5.75 Å². The molecule has 1 heterocycles. The Labute approximate surface area is 129 Å². The van der Waals surface area contributed by atoms with Crippen LogP contribution in [0.1, 0.15) is 26.3 Å². The van der Waals surface area contributed by atoms with Crippen molar-refractivity contribution >= 4 is 16.9 Å². The molecule has 5 nitrogen and oxygen atoms in total. The highest BCUT2D eigenvalue weighted by atomic mass is 16.5. The van der Waals surface area contributed by atoms with Gasteiger partial charge in [-0.15, -0.1) is 0 Å². The van der Waals surface area contributed by atoms with Gasteiger partial charge < -0.3 is 14.1 Å². The smallest absolute Gasteiger partial charge is 0.336 e. The van der Waals surface area contributed by atoms with Crippen LogP contribution in [0.2, 0.25) is 0 Å². The van der Waals surface area contributed by atoms with Crippen molar-refractivity contribution in [1.29, 1.82) is 0 Å². The van der Waals surface area contributed by atoms with Crippen molar-refractivity contribution in [3.8, 4) is 5.75 Å². The Morgan fingerprint density at radius 2 is 1.95 bits per heavy atom. The van der Waals surface area contributed by atoms with Gasteiger partial charge in [0.05, 0.1) is 0 Å². The van der Waals surface area contributed by atoms with Crippen LogP contribution in [0.15, 0.2) is 33.5 Å². The Morgan fingerprint density at radius 1 is 1.27 bits per heavy atom. The number of aryl methyl sites for hydroxylation is 1. The average molecular weight is 303 g/mol. The molecule has 0 radical (unpaired) electrons. The molecule has 1 atom stereocenters. The summed E-state index contributed by atoms with van der Waals surface area (Å²) in [5, 5.41) is 0.856. The van der Waals surface area contributed by atoms with Gasteiger partial charge in [0.25, 0.3) is 5.91 Å². The number of hydrogen-bond acceptors (Lipinski definition) is 4. The summed E-state index contributed by atoms with van der Waals surface area (Å²) in [6, 6.07) is 6.71. The molecule has 0 spiro atoms. The topological polar surface area (TPSA) is 59.8 Å². The molecule has 0 aliphatic heterocycles. The van der Waals surface area contributed by atoms with E-state index in [1.54, 1.807) is 24.0 Å². The highest BCUT2D eigenvalue weighted by molar-refractivity contribution is 5.82. The normalized spacial score (nSPS) is 12.2. The third-order valence-corrected chi connectivity index (χ3v) is 3.66. The first-order valence-electron chi connectivity index (χ1n) is 7.46. The van der Waals surface area contributed by atoms with Crippen molar-refractivity contribution in [2.45, 2.75) is 33.8 Å². The summed E-state index contributed by atoms with van der Waals surface area (Å²) >= 11 is 0. The number of carbonyl (C=O) groups is 1. The van der Waals surface area contributed by atoms with Gasteiger partial charge in [-0.1, -0.05) is 0 Å². The number of carbonyl (C=O) groups excluding carboxylic acids is 1. The molecular formula is C17H21NO4. The van der Waals surface area contributed by atoms with E-state index < -0.39 is 11.7 Å². The fraction of sp³-hybridized carbons (Fsp3) is 0.412. The summed E-state index contributed by atoms with van der Waals surface area (Å²) in [7, 11) is 0. The minimum Gasteiger partial charge on any atom is -0.481 e. The lowest BCUT2D eigenvalue weighted by atomic mass is 10.1. The molecule has 0 N–H and O–H groups in total. The third kappa shape index (κ3) is 3.30. The SMILES string of the molecule is CCN(CC)C(=O)C(C)Oc1ccc2c(C)cc(=O)oc2c1. The van der Waals surface area contributed by atoms with Gasteiger partial charge in [0, 0.05) is 30.6 Å².